The number of rotatable bonds is 4. The Hall–Kier alpha value is -2.83. The van der Waals surface area contributed by atoms with Crippen LogP contribution in [-0.4, -0.2) is 20.8 Å². The van der Waals surface area contributed by atoms with Crippen molar-refractivity contribution >= 4 is 11.6 Å². The van der Waals surface area contributed by atoms with Crippen molar-refractivity contribution < 1.29 is 9.72 Å². The van der Waals surface area contributed by atoms with E-state index in [1.54, 1.807) is 0 Å². The van der Waals surface area contributed by atoms with Gasteiger partial charge in [-0.15, -0.1) is 0 Å². The Morgan fingerprint density at radius 2 is 1.68 bits per heavy atom. The lowest BCUT2D eigenvalue weighted by atomic mass is 10.2. The monoisotopic (exact) mass is 300 g/mol. The van der Waals surface area contributed by atoms with E-state index in [1.165, 1.54) is 24.3 Å². The topological polar surface area (TPSA) is 98.0 Å². The van der Waals surface area contributed by atoms with Crippen LogP contribution in [0.2, 0.25) is 0 Å². The second-order valence-corrected chi connectivity index (χ2v) is 4.91. The van der Waals surface area contributed by atoms with Crippen LogP contribution in [0.25, 0.3) is 0 Å². The molecule has 22 heavy (non-hydrogen) atoms. The molecule has 0 aliphatic heterocycles. The van der Waals surface area contributed by atoms with E-state index in [0.29, 0.717) is 11.3 Å². The summed E-state index contributed by atoms with van der Waals surface area (Å²) in [5.74, 6) is -0.311. The van der Waals surface area contributed by atoms with Gasteiger partial charge in [0.25, 0.3) is 11.6 Å². The Balaban J connectivity index is 2.06. The molecule has 7 nitrogen and oxygen atoms in total. The fourth-order valence-electron chi connectivity index (χ4n) is 1.93. The van der Waals surface area contributed by atoms with E-state index in [2.05, 4.69) is 15.3 Å². The van der Waals surface area contributed by atoms with Gasteiger partial charge in [0.2, 0.25) is 0 Å². The zero-order valence-electron chi connectivity index (χ0n) is 12.6. The molecular weight excluding hydrogens is 284 g/mol. The lowest BCUT2D eigenvalue weighted by Gasteiger charge is -2.09. The summed E-state index contributed by atoms with van der Waals surface area (Å²) >= 11 is 0. The number of nitro groups is 1. The third-order valence-corrected chi connectivity index (χ3v) is 3.34. The van der Waals surface area contributed by atoms with Crippen molar-refractivity contribution in [2.75, 3.05) is 0 Å². The first kappa shape index (κ1) is 15.6. The van der Waals surface area contributed by atoms with Crippen LogP contribution < -0.4 is 5.32 Å². The predicted octanol–water partition coefficient (Wildman–Crippen LogP) is 2.24. The summed E-state index contributed by atoms with van der Waals surface area (Å²) in [7, 11) is 0. The predicted molar refractivity (Wildman–Crippen MR) is 80.5 cm³/mol. The standard InChI is InChI=1S/C15H16N4O3/c1-9-10(2)18-14(11(3)17-9)8-16-15(20)12-4-6-13(7-5-12)19(21)22/h4-7H,8H2,1-3H3,(H,16,20). The fraction of sp³-hybridized carbons (Fsp3) is 0.267. The van der Waals surface area contributed by atoms with Crippen molar-refractivity contribution in [3.8, 4) is 0 Å². The summed E-state index contributed by atoms with van der Waals surface area (Å²) in [5, 5.41) is 13.3. The minimum Gasteiger partial charge on any atom is -0.346 e. The van der Waals surface area contributed by atoms with Crippen LogP contribution in [0.3, 0.4) is 0 Å². The Kier molecular flexibility index (Phi) is 4.45. The maximum atomic E-state index is 12.0. The smallest absolute Gasteiger partial charge is 0.269 e. The van der Waals surface area contributed by atoms with Gasteiger partial charge in [-0.1, -0.05) is 0 Å². The highest BCUT2D eigenvalue weighted by atomic mass is 16.6. The van der Waals surface area contributed by atoms with Gasteiger partial charge in [-0.05, 0) is 32.9 Å². The molecule has 0 bridgehead atoms. The molecule has 7 heteroatoms. The normalized spacial score (nSPS) is 10.3. The largest absolute Gasteiger partial charge is 0.346 e. The maximum absolute atomic E-state index is 12.0. The second kappa shape index (κ2) is 6.30. The van der Waals surface area contributed by atoms with E-state index in [-0.39, 0.29) is 18.1 Å². The Bertz CT molecular complexity index is 726. The molecule has 0 radical (unpaired) electrons. The quantitative estimate of drug-likeness (QED) is 0.689. The minimum atomic E-state index is -0.504. The summed E-state index contributed by atoms with van der Waals surface area (Å²) < 4.78 is 0. The molecule has 0 saturated heterocycles. The van der Waals surface area contributed by atoms with Crippen LogP contribution in [0.4, 0.5) is 5.69 Å². The number of nitro benzene ring substituents is 1. The highest BCUT2D eigenvalue weighted by Crippen LogP contribution is 2.12. The fourth-order valence-corrected chi connectivity index (χ4v) is 1.93. The number of aryl methyl sites for hydroxylation is 3. The Labute approximate surface area is 127 Å². The molecule has 2 aromatic rings. The SMILES string of the molecule is Cc1nc(C)c(CNC(=O)c2ccc([N+](=O)[O-])cc2)nc1C. The number of aromatic nitrogens is 2. The van der Waals surface area contributed by atoms with E-state index >= 15 is 0 Å². The van der Waals surface area contributed by atoms with E-state index in [9.17, 15) is 14.9 Å². The van der Waals surface area contributed by atoms with E-state index in [0.717, 1.165) is 17.1 Å². The van der Waals surface area contributed by atoms with Gasteiger partial charge in [0, 0.05) is 17.7 Å². The maximum Gasteiger partial charge on any atom is 0.269 e. The molecule has 1 aromatic carbocycles. The average molecular weight is 300 g/mol. The molecule has 0 atom stereocenters. The lowest BCUT2D eigenvalue weighted by Crippen LogP contribution is -2.24. The second-order valence-electron chi connectivity index (χ2n) is 4.91. The molecule has 0 spiro atoms. The van der Waals surface area contributed by atoms with Crippen molar-refractivity contribution in [3.63, 3.8) is 0 Å². The van der Waals surface area contributed by atoms with Crippen molar-refractivity contribution in [2.45, 2.75) is 27.3 Å². The number of hydrogen-bond donors (Lipinski definition) is 1. The number of carbonyl (C=O) groups is 1. The minimum absolute atomic E-state index is 0.0487. The Morgan fingerprint density at radius 1 is 1.09 bits per heavy atom. The molecule has 1 N–H and O–H groups in total. The first-order valence-corrected chi connectivity index (χ1v) is 6.72. The van der Waals surface area contributed by atoms with Gasteiger partial charge in [0.1, 0.15) is 0 Å². The molecule has 114 valence electrons. The molecule has 2 rings (SSSR count). The van der Waals surface area contributed by atoms with Crippen LogP contribution in [0.15, 0.2) is 24.3 Å². The molecule has 1 heterocycles. The number of nitrogens with one attached hydrogen (secondary N) is 1. The third kappa shape index (κ3) is 3.43. The third-order valence-electron chi connectivity index (χ3n) is 3.34. The van der Waals surface area contributed by atoms with E-state index < -0.39 is 4.92 Å². The summed E-state index contributed by atoms with van der Waals surface area (Å²) in [5.41, 5.74) is 3.48. The first-order chi connectivity index (χ1) is 10.4. The highest BCUT2D eigenvalue weighted by molar-refractivity contribution is 5.94. The molecule has 0 unspecified atom stereocenters. The molecule has 1 aromatic heterocycles. The summed E-state index contributed by atoms with van der Waals surface area (Å²) in [6.45, 7) is 5.85. The van der Waals surface area contributed by atoms with Gasteiger partial charge < -0.3 is 5.32 Å². The van der Waals surface area contributed by atoms with Crippen LogP contribution in [0.5, 0.6) is 0 Å². The van der Waals surface area contributed by atoms with Crippen molar-refractivity contribution in [1.82, 2.24) is 15.3 Å². The Morgan fingerprint density at radius 3 is 2.27 bits per heavy atom. The van der Waals surface area contributed by atoms with Gasteiger partial charge in [-0.25, -0.2) is 0 Å². The molecule has 1 amide bonds. The number of hydrogen-bond acceptors (Lipinski definition) is 5. The number of benzene rings is 1. The zero-order valence-corrected chi connectivity index (χ0v) is 12.6. The molecule has 0 aliphatic carbocycles. The van der Waals surface area contributed by atoms with Gasteiger partial charge in [-0.3, -0.25) is 24.9 Å². The van der Waals surface area contributed by atoms with Crippen LogP contribution in [-0.2, 0) is 6.54 Å². The highest BCUT2D eigenvalue weighted by Gasteiger charge is 2.11. The lowest BCUT2D eigenvalue weighted by molar-refractivity contribution is -0.384. The van der Waals surface area contributed by atoms with Gasteiger partial charge in [0.05, 0.1) is 34.2 Å². The van der Waals surface area contributed by atoms with Crippen molar-refractivity contribution in [2.24, 2.45) is 0 Å². The summed E-state index contributed by atoms with van der Waals surface area (Å²) in [6.07, 6.45) is 0. The van der Waals surface area contributed by atoms with Gasteiger partial charge in [-0.2, -0.15) is 0 Å². The van der Waals surface area contributed by atoms with Gasteiger partial charge >= 0.3 is 0 Å². The molecule has 0 saturated carbocycles. The van der Waals surface area contributed by atoms with Crippen LogP contribution >= 0.6 is 0 Å². The first-order valence-electron chi connectivity index (χ1n) is 6.72. The zero-order chi connectivity index (χ0) is 16.3. The molecule has 0 fully saturated rings. The van der Waals surface area contributed by atoms with E-state index in [4.69, 9.17) is 0 Å². The van der Waals surface area contributed by atoms with Crippen LogP contribution in [0, 0.1) is 30.9 Å². The summed E-state index contributed by atoms with van der Waals surface area (Å²) in [6, 6.07) is 5.45. The number of nitrogens with zero attached hydrogens (tertiary/aromatic N) is 3. The van der Waals surface area contributed by atoms with Crippen molar-refractivity contribution in [1.29, 1.82) is 0 Å². The summed E-state index contributed by atoms with van der Waals surface area (Å²) in [4.78, 5) is 30.9. The van der Waals surface area contributed by atoms with Crippen LogP contribution in [0.1, 0.15) is 33.1 Å². The van der Waals surface area contributed by atoms with Crippen molar-refractivity contribution in [3.05, 3.63) is 62.7 Å². The van der Waals surface area contributed by atoms with E-state index in [1.807, 2.05) is 20.8 Å². The number of carbonyl (C=O) groups excluding carboxylic acids is 1. The molecule has 0 aliphatic rings. The average Bonchev–Trinajstić information content (AvgIpc) is 2.49. The molecular formula is C15H16N4O3. The van der Waals surface area contributed by atoms with Gasteiger partial charge in [0.15, 0.2) is 0 Å². The number of non-ortho nitro benzene ring substituents is 1. The number of amides is 1.